The van der Waals surface area contributed by atoms with Crippen molar-refractivity contribution in [2.45, 2.75) is 12.3 Å². The van der Waals surface area contributed by atoms with Crippen LogP contribution in [0, 0.1) is 0 Å². The summed E-state index contributed by atoms with van der Waals surface area (Å²) >= 11 is 3.61. The van der Waals surface area contributed by atoms with Crippen molar-refractivity contribution in [3.05, 3.63) is 58.6 Å². The smallest absolute Gasteiger partial charge is 0.0512 e. The minimum Gasteiger partial charge on any atom is -0.399 e. The van der Waals surface area contributed by atoms with Crippen LogP contribution in [-0.4, -0.2) is 13.1 Å². The van der Waals surface area contributed by atoms with E-state index in [4.69, 9.17) is 5.73 Å². The number of halogens is 1. The number of nitrogens with two attached hydrogens (primary N) is 1. The fraction of sp³-hybridized carbons (Fsp3) is 0.250. The molecule has 1 aliphatic rings. The van der Waals surface area contributed by atoms with Crippen LogP contribution in [0.5, 0.6) is 0 Å². The molecule has 0 aliphatic carbocycles. The van der Waals surface area contributed by atoms with Crippen molar-refractivity contribution in [2.75, 3.05) is 23.7 Å². The fourth-order valence-electron chi connectivity index (χ4n) is 2.76. The van der Waals surface area contributed by atoms with E-state index in [1.807, 2.05) is 12.1 Å². The molecule has 0 saturated carbocycles. The highest BCUT2D eigenvalue weighted by atomic mass is 79.9. The molecule has 19 heavy (non-hydrogen) atoms. The summed E-state index contributed by atoms with van der Waals surface area (Å²) in [6.07, 6.45) is 1.21. The number of nitrogens with zero attached hydrogens (tertiary/aromatic N) is 1. The van der Waals surface area contributed by atoms with Gasteiger partial charge in [-0.1, -0.05) is 30.3 Å². The van der Waals surface area contributed by atoms with E-state index in [1.165, 1.54) is 17.7 Å². The first-order valence-corrected chi connectivity index (χ1v) is 7.38. The molecule has 98 valence electrons. The van der Waals surface area contributed by atoms with Crippen molar-refractivity contribution in [1.82, 2.24) is 0 Å². The lowest BCUT2D eigenvalue weighted by Crippen LogP contribution is -2.19. The van der Waals surface area contributed by atoms with E-state index in [-0.39, 0.29) is 0 Å². The minimum absolute atomic E-state index is 0.630. The van der Waals surface area contributed by atoms with Crippen LogP contribution in [0.3, 0.4) is 0 Å². The standard InChI is InChI=1S/C16H17BrN2/c17-15-10-14(18)6-7-16(15)19-9-8-13(11-19)12-4-2-1-3-5-12/h1-7,10,13H,8-9,11,18H2. The van der Waals surface area contributed by atoms with Crippen molar-refractivity contribution in [1.29, 1.82) is 0 Å². The Hall–Kier alpha value is -1.48. The molecule has 1 atom stereocenters. The van der Waals surface area contributed by atoms with Crippen LogP contribution in [0.2, 0.25) is 0 Å². The summed E-state index contributed by atoms with van der Waals surface area (Å²) in [6, 6.07) is 16.8. The zero-order valence-corrected chi connectivity index (χ0v) is 12.3. The molecule has 1 unspecified atom stereocenters. The van der Waals surface area contributed by atoms with Gasteiger partial charge < -0.3 is 10.6 Å². The van der Waals surface area contributed by atoms with Gasteiger partial charge in [-0.15, -0.1) is 0 Å². The van der Waals surface area contributed by atoms with Gasteiger partial charge in [0.05, 0.1) is 5.69 Å². The quantitative estimate of drug-likeness (QED) is 0.848. The molecule has 3 rings (SSSR count). The van der Waals surface area contributed by atoms with Crippen molar-refractivity contribution in [3.8, 4) is 0 Å². The molecule has 0 spiro atoms. The van der Waals surface area contributed by atoms with E-state index in [9.17, 15) is 0 Å². The van der Waals surface area contributed by atoms with E-state index in [0.29, 0.717) is 5.92 Å². The predicted molar refractivity (Wildman–Crippen MR) is 84.6 cm³/mol. The Morgan fingerprint density at radius 2 is 1.89 bits per heavy atom. The Bertz CT molecular complexity index is 568. The fourth-order valence-corrected chi connectivity index (χ4v) is 3.40. The summed E-state index contributed by atoms with van der Waals surface area (Å²) in [5.41, 5.74) is 9.28. The molecule has 3 heteroatoms. The van der Waals surface area contributed by atoms with Crippen molar-refractivity contribution in [2.24, 2.45) is 0 Å². The molecule has 2 aromatic rings. The Balaban J connectivity index is 1.79. The summed E-state index contributed by atoms with van der Waals surface area (Å²) in [6.45, 7) is 2.18. The van der Waals surface area contributed by atoms with Gasteiger partial charge in [0.15, 0.2) is 0 Å². The Morgan fingerprint density at radius 3 is 2.63 bits per heavy atom. The molecule has 0 radical (unpaired) electrons. The van der Waals surface area contributed by atoms with Crippen molar-refractivity contribution >= 4 is 27.3 Å². The molecule has 0 bridgehead atoms. The van der Waals surface area contributed by atoms with Crippen LogP contribution < -0.4 is 10.6 Å². The predicted octanol–water partition coefficient (Wildman–Crippen LogP) is 4.03. The maximum Gasteiger partial charge on any atom is 0.0512 e. The average molecular weight is 317 g/mol. The number of benzene rings is 2. The summed E-state index contributed by atoms with van der Waals surface area (Å²) in [7, 11) is 0. The van der Waals surface area contributed by atoms with Crippen molar-refractivity contribution in [3.63, 3.8) is 0 Å². The van der Waals surface area contributed by atoms with Crippen LogP contribution in [-0.2, 0) is 0 Å². The summed E-state index contributed by atoms with van der Waals surface area (Å²) in [5, 5.41) is 0. The molecule has 1 heterocycles. The SMILES string of the molecule is Nc1ccc(N2CCC(c3ccccc3)C2)c(Br)c1. The molecule has 2 N–H and O–H groups in total. The average Bonchev–Trinajstić information content (AvgIpc) is 2.89. The molecule has 1 fully saturated rings. The zero-order chi connectivity index (χ0) is 13.2. The largest absolute Gasteiger partial charge is 0.399 e. The topological polar surface area (TPSA) is 29.3 Å². The molecule has 1 saturated heterocycles. The van der Waals surface area contributed by atoms with Crippen LogP contribution in [0.25, 0.3) is 0 Å². The van der Waals surface area contributed by atoms with E-state index < -0.39 is 0 Å². The van der Waals surface area contributed by atoms with E-state index in [1.54, 1.807) is 0 Å². The van der Waals surface area contributed by atoms with E-state index >= 15 is 0 Å². The first-order chi connectivity index (χ1) is 9.24. The lowest BCUT2D eigenvalue weighted by Gasteiger charge is -2.20. The second-order valence-electron chi connectivity index (χ2n) is 5.05. The Kier molecular flexibility index (Phi) is 3.47. The Labute approximate surface area is 122 Å². The monoisotopic (exact) mass is 316 g/mol. The first kappa shape index (κ1) is 12.5. The molecule has 2 aromatic carbocycles. The summed E-state index contributed by atoms with van der Waals surface area (Å²) in [4.78, 5) is 2.43. The number of nitrogen functional groups attached to an aromatic ring is 1. The van der Waals surface area contributed by atoms with Crippen LogP contribution in [0.1, 0.15) is 17.9 Å². The van der Waals surface area contributed by atoms with Crippen molar-refractivity contribution < 1.29 is 0 Å². The highest BCUT2D eigenvalue weighted by molar-refractivity contribution is 9.10. The van der Waals surface area contributed by atoms with Crippen LogP contribution in [0.15, 0.2) is 53.0 Å². The maximum atomic E-state index is 5.80. The summed E-state index contributed by atoms with van der Waals surface area (Å²) < 4.78 is 1.08. The second-order valence-corrected chi connectivity index (χ2v) is 5.91. The third-order valence-corrected chi connectivity index (χ3v) is 4.41. The minimum atomic E-state index is 0.630. The van der Waals surface area contributed by atoms with Gasteiger partial charge in [0, 0.05) is 29.2 Å². The molecule has 2 nitrogen and oxygen atoms in total. The molecule has 0 amide bonds. The van der Waals surface area contributed by atoms with E-state index in [2.05, 4.69) is 57.2 Å². The van der Waals surface area contributed by atoms with Gasteiger partial charge in [-0.3, -0.25) is 0 Å². The van der Waals surface area contributed by atoms with Crippen LogP contribution >= 0.6 is 15.9 Å². The highest BCUT2D eigenvalue weighted by Gasteiger charge is 2.24. The first-order valence-electron chi connectivity index (χ1n) is 6.59. The van der Waals surface area contributed by atoms with Gasteiger partial charge in [0.25, 0.3) is 0 Å². The number of hydrogen-bond donors (Lipinski definition) is 1. The molecular weight excluding hydrogens is 300 g/mol. The van der Waals surface area contributed by atoms with Gasteiger partial charge in [-0.05, 0) is 46.1 Å². The van der Waals surface area contributed by atoms with Crippen LogP contribution in [0.4, 0.5) is 11.4 Å². The third kappa shape index (κ3) is 2.61. The van der Waals surface area contributed by atoms with Gasteiger partial charge in [0.1, 0.15) is 0 Å². The zero-order valence-electron chi connectivity index (χ0n) is 10.7. The number of hydrogen-bond acceptors (Lipinski definition) is 2. The van der Waals surface area contributed by atoms with Gasteiger partial charge in [-0.25, -0.2) is 0 Å². The normalized spacial score (nSPS) is 18.8. The maximum absolute atomic E-state index is 5.80. The molecular formula is C16H17BrN2. The van der Waals surface area contributed by atoms with Gasteiger partial charge >= 0.3 is 0 Å². The molecule has 1 aliphatic heterocycles. The lowest BCUT2D eigenvalue weighted by molar-refractivity contribution is 0.775. The third-order valence-electron chi connectivity index (χ3n) is 3.77. The second kappa shape index (κ2) is 5.25. The lowest BCUT2D eigenvalue weighted by atomic mass is 9.99. The van der Waals surface area contributed by atoms with Gasteiger partial charge in [-0.2, -0.15) is 0 Å². The van der Waals surface area contributed by atoms with Gasteiger partial charge in [0.2, 0.25) is 0 Å². The van der Waals surface area contributed by atoms with E-state index in [0.717, 1.165) is 23.2 Å². The molecule has 0 aromatic heterocycles. The summed E-state index contributed by atoms with van der Waals surface area (Å²) in [5.74, 6) is 0.630. The Morgan fingerprint density at radius 1 is 1.11 bits per heavy atom. The number of anilines is 2. The highest BCUT2D eigenvalue weighted by Crippen LogP contribution is 2.35. The number of rotatable bonds is 2.